The van der Waals surface area contributed by atoms with Crippen molar-refractivity contribution in [3.05, 3.63) is 273 Å². The summed E-state index contributed by atoms with van der Waals surface area (Å²) in [7, 11) is 0. The van der Waals surface area contributed by atoms with Crippen molar-refractivity contribution in [2.24, 2.45) is 0 Å². The van der Waals surface area contributed by atoms with Crippen LogP contribution in [0, 0.1) is 0 Å². The number of hydrogen-bond donors (Lipinski definition) is 0. The molecule has 13 aromatic rings. The highest BCUT2D eigenvalue weighted by Gasteiger charge is 2.23. The van der Waals surface area contributed by atoms with Crippen molar-refractivity contribution in [3.8, 4) is 22.3 Å². The summed E-state index contributed by atoms with van der Waals surface area (Å²) in [5, 5.41) is 5.00. The van der Waals surface area contributed by atoms with Crippen LogP contribution in [-0.4, -0.2) is 0 Å². The molecule has 0 aliphatic heterocycles. The average molecular weight is 944 g/mol. The highest BCUT2D eigenvalue weighted by Crippen LogP contribution is 2.50. The van der Waals surface area contributed by atoms with Crippen molar-refractivity contribution >= 4 is 114 Å². The minimum absolute atomic E-state index is 1.09. The van der Waals surface area contributed by atoms with Gasteiger partial charge in [-0.3, -0.25) is 0 Å². The monoisotopic (exact) mass is 943 g/mol. The van der Waals surface area contributed by atoms with Gasteiger partial charge < -0.3 is 14.7 Å². The maximum absolute atomic E-state index is 2.46. The van der Waals surface area contributed by atoms with Gasteiger partial charge in [0.2, 0.25) is 0 Å². The van der Waals surface area contributed by atoms with E-state index in [4.69, 9.17) is 0 Å². The number of anilines is 9. The Morgan fingerprint density at radius 3 is 1.23 bits per heavy atom. The van der Waals surface area contributed by atoms with E-state index in [1.807, 2.05) is 22.7 Å². The molecule has 2 heterocycles. The third-order valence-corrected chi connectivity index (χ3v) is 15.6. The standard InChI is InChI=1S/C66H45N3S2/c1-6-19-46(20-7-1)48-21-18-30-55(41-48)69(53-28-14-5-15-29-53)61-42-49(43-65-66(61)60-45-57(38-40-64(60)71-65)67(50-22-8-2-9-23-50)51-24-10-3-11-25-51)47-33-35-54(36-34-47)68(52-26-12-4-13-27-52)56-37-39-63-59(44-56)58-31-16-17-32-62(58)70-63/h1-45H. The summed E-state index contributed by atoms with van der Waals surface area (Å²) in [6, 6.07) is 99.1. The van der Waals surface area contributed by atoms with Gasteiger partial charge in [-0.2, -0.15) is 0 Å². The number of thiophene rings is 2. The SMILES string of the molecule is c1ccc(-c2cccc(N(c3ccccc3)c3cc(-c4ccc(N(c5ccccc5)c5ccc6sc7ccccc7c6c5)cc4)cc4sc5ccc(N(c6ccccc6)c6ccccc6)cc5c34)c2)cc1. The number of benzene rings is 11. The maximum atomic E-state index is 2.46. The van der Waals surface area contributed by atoms with Crippen molar-refractivity contribution in [2.45, 2.75) is 0 Å². The molecule has 0 atom stereocenters. The van der Waals surface area contributed by atoms with E-state index in [9.17, 15) is 0 Å². The number of rotatable bonds is 11. The first-order valence-electron chi connectivity index (χ1n) is 24.0. The molecule has 3 nitrogen and oxygen atoms in total. The summed E-state index contributed by atoms with van der Waals surface area (Å²) in [6.45, 7) is 0. The molecule has 0 saturated carbocycles. The van der Waals surface area contributed by atoms with E-state index in [0.717, 1.165) is 62.3 Å². The Bertz CT molecular complexity index is 3940. The van der Waals surface area contributed by atoms with Gasteiger partial charge in [-0.1, -0.05) is 146 Å². The zero-order chi connectivity index (χ0) is 47.1. The fourth-order valence-corrected chi connectivity index (χ4v) is 12.3. The van der Waals surface area contributed by atoms with E-state index in [0.29, 0.717) is 0 Å². The van der Waals surface area contributed by atoms with E-state index < -0.39 is 0 Å². The summed E-state index contributed by atoms with van der Waals surface area (Å²) in [6.07, 6.45) is 0. The van der Waals surface area contributed by atoms with Crippen molar-refractivity contribution in [1.82, 2.24) is 0 Å². The molecule has 13 rings (SSSR count). The highest BCUT2D eigenvalue weighted by atomic mass is 32.1. The summed E-state index contributed by atoms with van der Waals surface area (Å²) >= 11 is 3.71. The molecule has 0 unspecified atom stereocenters. The van der Waals surface area contributed by atoms with Crippen LogP contribution in [0.5, 0.6) is 0 Å². The Kier molecular flexibility index (Phi) is 10.9. The fourth-order valence-electron chi connectivity index (χ4n) is 10.1. The third kappa shape index (κ3) is 7.97. The Morgan fingerprint density at radius 2 is 0.620 bits per heavy atom. The van der Waals surface area contributed by atoms with Gasteiger partial charge in [0.25, 0.3) is 0 Å². The minimum atomic E-state index is 1.09. The molecule has 336 valence electrons. The normalized spacial score (nSPS) is 11.4. The summed E-state index contributed by atoms with van der Waals surface area (Å²) in [5.41, 5.74) is 14.6. The second kappa shape index (κ2) is 18.3. The Labute approximate surface area is 421 Å². The van der Waals surface area contributed by atoms with Crippen LogP contribution in [0.3, 0.4) is 0 Å². The predicted octanol–water partition coefficient (Wildman–Crippen LogP) is 20.2. The third-order valence-electron chi connectivity index (χ3n) is 13.4. The van der Waals surface area contributed by atoms with E-state index in [1.54, 1.807) is 0 Å². The van der Waals surface area contributed by atoms with Crippen molar-refractivity contribution in [3.63, 3.8) is 0 Å². The van der Waals surface area contributed by atoms with Crippen LogP contribution in [0.2, 0.25) is 0 Å². The van der Waals surface area contributed by atoms with Crippen LogP contribution in [0.25, 0.3) is 62.6 Å². The maximum Gasteiger partial charge on any atom is 0.0560 e. The lowest BCUT2D eigenvalue weighted by atomic mass is 9.99. The summed E-state index contributed by atoms with van der Waals surface area (Å²) in [5.74, 6) is 0. The van der Waals surface area contributed by atoms with Crippen LogP contribution in [-0.2, 0) is 0 Å². The van der Waals surface area contributed by atoms with Crippen molar-refractivity contribution in [1.29, 1.82) is 0 Å². The van der Waals surface area contributed by atoms with Gasteiger partial charge in [0.1, 0.15) is 0 Å². The molecule has 0 N–H and O–H groups in total. The number of para-hydroxylation sites is 4. The van der Waals surface area contributed by atoms with Crippen LogP contribution >= 0.6 is 22.7 Å². The second-order valence-corrected chi connectivity index (χ2v) is 19.9. The molecule has 0 bridgehead atoms. The van der Waals surface area contributed by atoms with E-state index in [1.165, 1.54) is 51.5 Å². The molecular formula is C66H45N3S2. The van der Waals surface area contributed by atoms with Crippen LogP contribution in [0.1, 0.15) is 0 Å². The van der Waals surface area contributed by atoms with Crippen LogP contribution < -0.4 is 14.7 Å². The number of hydrogen-bond acceptors (Lipinski definition) is 5. The van der Waals surface area contributed by atoms with Gasteiger partial charge in [-0.25, -0.2) is 0 Å². The largest absolute Gasteiger partial charge is 0.310 e. The second-order valence-electron chi connectivity index (χ2n) is 17.7. The van der Waals surface area contributed by atoms with Gasteiger partial charge in [0.05, 0.1) is 5.69 Å². The summed E-state index contributed by atoms with van der Waals surface area (Å²) < 4.78 is 5.06. The molecular weight excluding hydrogens is 899 g/mol. The molecule has 2 aromatic heterocycles. The lowest BCUT2D eigenvalue weighted by Crippen LogP contribution is -2.11. The first-order valence-corrected chi connectivity index (χ1v) is 25.6. The van der Waals surface area contributed by atoms with Gasteiger partial charge in [0, 0.05) is 85.8 Å². The van der Waals surface area contributed by atoms with Gasteiger partial charge >= 0.3 is 0 Å². The van der Waals surface area contributed by atoms with Gasteiger partial charge in [-0.05, 0) is 150 Å². The Balaban J connectivity index is 1.00. The topological polar surface area (TPSA) is 9.72 Å². The van der Waals surface area contributed by atoms with Gasteiger partial charge in [-0.15, -0.1) is 22.7 Å². The molecule has 11 aromatic carbocycles. The molecule has 0 fully saturated rings. The molecule has 0 saturated heterocycles. The highest BCUT2D eigenvalue weighted by molar-refractivity contribution is 7.26. The zero-order valence-electron chi connectivity index (χ0n) is 38.6. The average Bonchev–Trinajstić information content (AvgIpc) is 4.01. The molecule has 0 spiro atoms. The fraction of sp³-hybridized carbons (Fsp3) is 0. The Morgan fingerprint density at radius 1 is 0.211 bits per heavy atom. The smallest absolute Gasteiger partial charge is 0.0560 e. The van der Waals surface area contributed by atoms with Crippen LogP contribution in [0.15, 0.2) is 273 Å². The van der Waals surface area contributed by atoms with E-state index in [2.05, 4.69) is 288 Å². The van der Waals surface area contributed by atoms with Crippen molar-refractivity contribution in [2.75, 3.05) is 14.7 Å². The van der Waals surface area contributed by atoms with Gasteiger partial charge in [0.15, 0.2) is 0 Å². The molecule has 5 heteroatoms. The zero-order valence-corrected chi connectivity index (χ0v) is 40.3. The lowest BCUT2D eigenvalue weighted by Gasteiger charge is -2.28. The first-order chi connectivity index (χ1) is 35.2. The minimum Gasteiger partial charge on any atom is -0.310 e. The van der Waals surface area contributed by atoms with E-state index in [-0.39, 0.29) is 0 Å². The Hall–Kier alpha value is -8.74. The van der Waals surface area contributed by atoms with Crippen molar-refractivity contribution < 1.29 is 0 Å². The number of fused-ring (bicyclic) bond motifs is 6. The number of nitrogens with zero attached hydrogens (tertiary/aromatic N) is 3. The first kappa shape index (κ1) is 42.4. The molecule has 71 heavy (non-hydrogen) atoms. The molecule has 0 aliphatic rings. The predicted molar refractivity (Wildman–Crippen MR) is 307 cm³/mol. The van der Waals surface area contributed by atoms with Crippen LogP contribution in [0.4, 0.5) is 51.2 Å². The molecule has 0 amide bonds. The molecule has 0 aliphatic carbocycles. The van der Waals surface area contributed by atoms with E-state index >= 15 is 0 Å². The molecule has 0 radical (unpaired) electrons. The summed E-state index contributed by atoms with van der Waals surface area (Å²) in [4.78, 5) is 7.19. The quantitative estimate of drug-likeness (QED) is 0.128. The lowest BCUT2D eigenvalue weighted by molar-refractivity contribution is 1.29.